The van der Waals surface area contributed by atoms with Crippen LogP contribution >= 0.6 is 23.2 Å². The van der Waals surface area contributed by atoms with Gasteiger partial charge < -0.3 is 10.2 Å². The highest BCUT2D eigenvalue weighted by atomic mass is 35.5. The van der Waals surface area contributed by atoms with E-state index in [1.807, 2.05) is 0 Å². The highest BCUT2D eigenvalue weighted by molar-refractivity contribution is 6.46. The Hall–Kier alpha value is -2.32. The van der Waals surface area contributed by atoms with Crippen molar-refractivity contribution in [1.29, 1.82) is 0 Å². The summed E-state index contributed by atoms with van der Waals surface area (Å²) in [6.07, 6.45) is 0. The summed E-state index contributed by atoms with van der Waals surface area (Å²) in [6, 6.07) is 0. The fourth-order valence-corrected chi connectivity index (χ4v) is 2.78. The molecule has 2 aromatic rings. The summed E-state index contributed by atoms with van der Waals surface area (Å²) in [5, 5.41) is 18.3. The van der Waals surface area contributed by atoms with Gasteiger partial charge in [-0.2, -0.15) is 0 Å². The average Bonchev–Trinajstić information content (AvgIpc) is 2.55. The molecule has 0 bridgehead atoms. The van der Waals surface area contributed by atoms with E-state index >= 15 is 0 Å². The largest absolute Gasteiger partial charge is 0.506 e. The second-order valence-corrected chi connectivity index (χ2v) is 5.50. The topological polar surface area (TPSA) is 74.6 Å². The van der Waals surface area contributed by atoms with Gasteiger partial charge in [-0.05, 0) is 0 Å². The molecule has 0 fully saturated rings. The number of hydrogen-bond acceptors (Lipinski definition) is 4. The normalized spacial score (nSPS) is 13.1. The molecule has 124 valence electrons. The van der Waals surface area contributed by atoms with Crippen LogP contribution in [0.4, 0.5) is 17.6 Å². The Bertz CT molecular complexity index is 835. The maximum absolute atomic E-state index is 13.9. The molecule has 0 aliphatic heterocycles. The lowest BCUT2D eigenvalue weighted by molar-refractivity contribution is 0.0964. The van der Waals surface area contributed by atoms with Crippen molar-refractivity contribution in [2.75, 3.05) is 0 Å². The van der Waals surface area contributed by atoms with Crippen LogP contribution < -0.4 is 0 Å². The number of carbonyl (C=O) groups excluding carboxylic acids is 2. The molecule has 2 N–H and O–H groups in total. The summed E-state index contributed by atoms with van der Waals surface area (Å²) in [4.78, 5) is 24.6. The molecule has 0 aromatic heterocycles. The Morgan fingerprint density at radius 2 is 0.875 bits per heavy atom. The number of ketones is 2. The van der Waals surface area contributed by atoms with E-state index in [1.165, 1.54) is 0 Å². The lowest BCUT2D eigenvalue weighted by Gasteiger charge is -2.22. The summed E-state index contributed by atoms with van der Waals surface area (Å²) in [5.41, 5.74) is -4.83. The van der Waals surface area contributed by atoms with Crippen LogP contribution in [-0.4, -0.2) is 21.8 Å². The van der Waals surface area contributed by atoms with Gasteiger partial charge in [0.1, 0.15) is 21.5 Å². The van der Waals surface area contributed by atoms with E-state index in [0.29, 0.717) is 0 Å². The van der Waals surface area contributed by atoms with Crippen molar-refractivity contribution < 1.29 is 37.4 Å². The number of phenolic OH excluding ortho intramolecular Hbond substituents is 2. The van der Waals surface area contributed by atoms with Gasteiger partial charge >= 0.3 is 0 Å². The molecule has 24 heavy (non-hydrogen) atoms. The van der Waals surface area contributed by atoms with E-state index < -0.39 is 78.6 Å². The Balaban J connectivity index is 2.53. The van der Waals surface area contributed by atoms with Crippen LogP contribution in [0.5, 0.6) is 11.5 Å². The van der Waals surface area contributed by atoms with Gasteiger partial charge in [-0.1, -0.05) is 23.2 Å². The fourth-order valence-electron chi connectivity index (χ4n) is 2.41. The second-order valence-electron chi connectivity index (χ2n) is 4.74. The van der Waals surface area contributed by atoms with Gasteiger partial charge in [-0.25, -0.2) is 17.6 Å². The van der Waals surface area contributed by atoms with E-state index in [1.54, 1.807) is 0 Å². The minimum absolute atomic E-state index is 0.735. The number of fused-ring (bicyclic) bond motifs is 2. The van der Waals surface area contributed by atoms with Crippen molar-refractivity contribution in [3.05, 3.63) is 55.6 Å². The highest BCUT2D eigenvalue weighted by Gasteiger charge is 2.43. The van der Waals surface area contributed by atoms with E-state index in [4.69, 9.17) is 23.2 Å². The Kier molecular flexibility index (Phi) is 3.50. The van der Waals surface area contributed by atoms with Crippen LogP contribution in [0.25, 0.3) is 0 Å². The quantitative estimate of drug-likeness (QED) is 0.269. The van der Waals surface area contributed by atoms with Crippen molar-refractivity contribution in [2.45, 2.75) is 0 Å². The maximum atomic E-state index is 13.9. The lowest BCUT2D eigenvalue weighted by atomic mass is 9.82. The molecule has 4 nitrogen and oxygen atoms in total. The smallest absolute Gasteiger partial charge is 0.201 e. The Morgan fingerprint density at radius 3 is 1.17 bits per heavy atom. The first-order valence-corrected chi connectivity index (χ1v) is 6.75. The number of aromatic hydroxyl groups is 2. The molecule has 0 saturated carbocycles. The van der Waals surface area contributed by atoms with Crippen molar-refractivity contribution >= 4 is 34.8 Å². The van der Waals surface area contributed by atoms with Gasteiger partial charge in [0.25, 0.3) is 0 Å². The van der Waals surface area contributed by atoms with E-state index in [0.717, 1.165) is 0 Å². The van der Waals surface area contributed by atoms with Crippen molar-refractivity contribution in [3.8, 4) is 11.5 Å². The third-order valence-electron chi connectivity index (χ3n) is 3.51. The van der Waals surface area contributed by atoms with Crippen LogP contribution in [0.2, 0.25) is 10.0 Å². The van der Waals surface area contributed by atoms with Gasteiger partial charge in [-0.3, -0.25) is 9.59 Å². The van der Waals surface area contributed by atoms with Crippen molar-refractivity contribution in [3.63, 3.8) is 0 Å². The van der Waals surface area contributed by atoms with Crippen LogP contribution in [0.1, 0.15) is 31.8 Å². The van der Waals surface area contributed by atoms with E-state index in [2.05, 4.69) is 0 Å². The number of rotatable bonds is 0. The number of benzene rings is 2. The molecule has 0 unspecified atom stereocenters. The van der Waals surface area contributed by atoms with Gasteiger partial charge in [-0.15, -0.1) is 0 Å². The minimum Gasteiger partial charge on any atom is -0.506 e. The molecule has 3 rings (SSSR count). The summed E-state index contributed by atoms with van der Waals surface area (Å²) < 4.78 is 54.5. The Labute approximate surface area is 139 Å². The molecule has 0 atom stereocenters. The zero-order valence-electron chi connectivity index (χ0n) is 11.0. The third-order valence-corrected chi connectivity index (χ3v) is 4.34. The van der Waals surface area contributed by atoms with Gasteiger partial charge in [0, 0.05) is 0 Å². The first-order chi connectivity index (χ1) is 11.1. The van der Waals surface area contributed by atoms with Crippen LogP contribution in [0.3, 0.4) is 0 Å². The van der Waals surface area contributed by atoms with Crippen molar-refractivity contribution in [2.24, 2.45) is 0 Å². The lowest BCUT2D eigenvalue weighted by Crippen LogP contribution is -2.26. The van der Waals surface area contributed by atoms with E-state index in [9.17, 15) is 37.4 Å². The minimum atomic E-state index is -2.31. The molecule has 0 saturated heterocycles. The molecule has 0 amide bonds. The molecule has 0 heterocycles. The molecule has 10 heteroatoms. The number of phenols is 2. The standard InChI is InChI=1S/C14H2Cl2F4O4/c15-5-6(16)14(24)4-3(13(5)23)11(21)1-2(12(4)22)8(18)10(20)9(19)7(1)17/h23-24H. The summed E-state index contributed by atoms with van der Waals surface area (Å²) in [6.45, 7) is 0. The second kappa shape index (κ2) is 5.09. The molecule has 1 aliphatic carbocycles. The molecule has 2 aromatic carbocycles. The van der Waals surface area contributed by atoms with Crippen LogP contribution in [-0.2, 0) is 0 Å². The first-order valence-electron chi connectivity index (χ1n) is 5.99. The van der Waals surface area contributed by atoms with Crippen LogP contribution in [0, 0.1) is 23.3 Å². The predicted octanol–water partition coefficient (Wildman–Crippen LogP) is 3.74. The van der Waals surface area contributed by atoms with E-state index in [-0.39, 0.29) is 0 Å². The molecule has 1 aliphatic rings. The molecule has 0 radical (unpaired) electrons. The van der Waals surface area contributed by atoms with Crippen molar-refractivity contribution in [1.82, 2.24) is 0 Å². The zero-order chi connectivity index (χ0) is 18.1. The molecule has 0 spiro atoms. The first kappa shape index (κ1) is 16.5. The van der Waals surface area contributed by atoms with Gasteiger partial charge in [0.2, 0.25) is 11.6 Å². The Morgan fingerprint density at radius 1 is 0.583 bits per heavy atom. The van der Waals surface area contributed by atoms with Crippen LogP contribution in [0.15, 0.2) is 0 Å². The number of hydrogen-bond donors (Lipinski definition) is 2. The summed E-state index contributed by atoms with van der Waals surface area (Å²) in [5.74, 6) is -14.2. The molecular formula is C14H2Cl2F4O4. The SMILES string of the molecule is O=C1c2c(O)c(Cl)c(Cl)c(O)c2C(=O)c2c(F)c(F)c(F)c(F)c21. The van der Waals surface area contributed by atoms with Gasteiger partial charge in [0.15, 0.2) is 23.3 Å². The third kappa shape index (κ3) is 1.81. The number of halogens is 6. The summed E-state index contributed by atoms with van der Waals surface area (Å²) in [7, 11) is 0. The monoisotopic (exact) mass is 380 g/mol. The maximum Gasteiger partial charge on any atom is 0.201 e. The zero-order valence-corrected chi connectivity index (χ0v) is 12.5. The fraction of sp³-hybridized carbons (Fsp3) is 0. The average molecular weight is 381 g/mol. The highest BCUT2D eigenvalue weighted by Crippen LogP contribution is 2.48. The molecular weight excluding hydrogens is 379 g/mol. The van der Waals surface area contributed by atoms with Gasteiger partial charge in [0.05, 0.1) is 22.3 Å². The predicted molar refractivity (Wildman–Crippen MR) is 72.9 cm³/mol. The summed E-state index contributed by atoms with van der Waals surface area (Å²) >= 11 is 11.2. The number of carbonyl (C=O) groups is 2.